The van der Waals surface area contributed by atoms with Crippen molar-refractivity contribution < 1.29 is 4.92 Å². The van der Waals surface area contributed by atoms with E-state index in [-0.39, 0.29) is 22.5 Å². The van der Waals surface area contributed by atoms with Crippen molar-refractivity contribution in [1.29, 1.82) is 0 Å². The molecule has 100 valence electrons. The molecule has 0 saturated carbocycles. The van der Waals surface area contributed by atoms with Gasteiger partial charge in [0.1, 0.15) is 10.7 Å². The summed E-state index contributed by atoms with van der Waals surface area (Å²) in [5.74, 6) is 0.107. The fourth-order valence-electron chi connectivity index (χ4n) is 1.52. The molecule has 0 atom stereocenters. The van der Waals surface area contributed by atoms with Crippen LogP contribution in [0.2, 0.25) is 5.28 Å². The average Bonchev–Trinajstić information content (AvgIpc) is 2.71. The molecule has 0 bridgehead atoms. The van der Waals surface area contributed by atoms with Gasteiger partial charge in [0.15, 0.2) is 0 Å². The van der Waals surface area contributed by atoms with E-state index in [0.29, 0.717) is 6.54 Å². The van der Waals surface area contributed by atoms with Gasteiger partial charge < -0.3 is 5.32 Å². The van der Waals surface area contributed by atoms with Gasteiger partial charge in [-0.1, -0.05) is 0 Å². The zero-order valence-electron chi connectivity index (χ0n) is 10.2. The average molecular weight is 300 g/mol. The summed E-state index contributed by atoms with van der Waals surface area (Å²) in [5.41, 5.74) is 0.966. The minimum atomic E-state index is -0.527. The maximum Gasteiger partial charge on any atom is 0.332 e. The van der Waals surface area contributed by atoms with Crippen LogP contribution < -0.4 is 5.32 Å². The van der Waals surface area contributed by atoms with Gasteiger partial charge in [-0.05, 0) is 25.4 Å². The Morgan fingerprint density at radius 3 is 2.74 bits per heavy atom. The molecule has 0 radical (unpaired) electrons. The Morgan fingerprint density at radius 1 is 1.42 bits per heavy atom. The van der Waals surface area contributed by atoms with Crippen molar-refractivity contribution in [3.63, 3.8) is 0 Å². The summed E-state index contributed by atoms with van der Waals surface area (Å²) in [5, 5.41) is 16.6. The van der Waals surface area contributed by atoms with Crippen molar-refractivity contribution in [2.45, 2.75) is 20.4 Å². The fraction of sp³-hybridized carbons (Fsp3) is 0.300. The topological polar surface area (TPSA) is 93.8 Å². The molecule has 2 rings (SSSR count). The Kier molecular flexibility index (Phi) is 3.91. The molecule has 7 nitrogen and oxygen atoms in total. The highest BCUT2D eigenvalue weighted by Gasteiger charge is 2.21. The van der Waals surface area contributed by atoms with E-state index in [1.54, 1.807) is 0 Å². The van der Waals surface area contributed by atoms with E-state index in [1.165, 1.54) is 18.3 Å². The van der Waals surface area contributed by atoms with Gasteiger partial charge >= 0.3 is 5.69 Å². The lowest BCUT2D eigenvalue weighted by molar-refractivity contribution is -0.385. The molecule has 0 unspecified atom stereocenters. The van der Waals surface area contributed by atoms with E-state index in [9.17, 15) is 10.1 Å². The van der Waals surface area contributed by atoms with Crippen LogP contribution in [0.4, 0.5) is 11.5 Å². The molecular formula is C10H10ClN5O2S. The molecule has 2 aromatic rings. The number of hydrogen-bond donors (Lipinski definition) is 1. The normalized spacial score (nSPS) is 10.5. The Bertz CT molecular complexity index is 630. The summed E-state index contributed by atoms with van der Waals surface area (Å²) < 4.78 is 0. The maximum atomic E-state index is 11.0. The molecule has 1 N–H and O–H groups in total. The second kappa shape index (κ2) is 5.45. The van der Waals surface area contributed by atoms with Crippen molar-refractivity contribution in [1.82, 2.24) is 15.0 Å². The van der Waals surface area contributed by atoms with E-state index in [0.717, 1.165) is 10.7 Å². The van der Waals surface area contributed by atoms with Gasteiger partial charge in [-0.25, -0.2) is 9.97 Å². The standard InChI is InChI=1S/C10H10ClN5O2S/c1-5-4-19-7(13-5)3-12-9-8(16(17)18)6(2)14-10(11)15-9/h4H,3H2,1-2H3,(H,12,14,15). The highest BCUT2D eigenvalue weighted by atomic mass is 35.5. The summed E-state index contributed by atoms with van der Waals surface area (Å²) in [4.78, 5) is 22.4. The van der Waals surface area contributed by atoms with Crippen LogP contribution in [-0.4, -0.2) is 19.9 Å². The minimum Gasteiger partial charge on any atom is -0.358 e. The molecule has 0 aliphatic carbocycles. The van der Waals surface area contributed by atoms with Gasteiger partial charge in [-0.2, -0.15) is 4.98 Å². The molecule has 0 spiro atoms. The van der Waals surface area contributed by atoms with Gasteiger partial charge in [0, 0.05) is 11.1 Å². The molecule has 9 heteroatoms. The first-order valence-electron chi connectivity index (χ1n) is 5.30. The molecule has 0 saturated heterocycles. The zero-order valence-corrected chi connectivity index (χ0v) is 11.7. The Labute approximate surface area is 117 Å². The molecule has 0 aromatic carbocycles. The Hall–Kier alpha value is -1.80. The van der Waals surface area contributed by atoms with Crippen molar-refractivity contribution in [2.24, 2.45) is 0 Å². The maximum absolute atomic E-state index is 11.0. The number of halogens is 1. The number of aryl methyl sites for hydroxylation is 2. The predicted octanol–water partition coefficient (Wildman–Crippen LogP) is 2.72. The van der Waals surface area contributed by atoms with Crippen molar-refractivity contribution in [3.8, 4) is 0 Å². The lowest BCUT2D eigenvalue weighted by atomic mass is 10.3. The number of rotatable bonds is 4. The lowest BCUT2D eigenvalue weighted by Crippen LogP contribution is -2.07. The molecule has 2 heterocycles. The summed E-state index contributed by atoms with van der Waals surface area (Å²) in [6.07, 6.45) is 0. The van der Waals surface area contributed by atoms with Crippen LogP contribution in [0, 0.1) is 24.0 Å². The molecule has 0 aliphatic heterocycles. The summed E-state index contributed by atoms with van der Waals surface area (Å²) >= 11 is 7.19. The quantitative estimate of drug-likeness (QED) is 0.530. The van der Waals surface area contributed by atoms with E-state index >= 15 is 0 Å². The molecule has 0 fully saturated rings. The van der Waals surface area contributed by atoms with Crippen LogP contribution in [-0.2, 0) is 6.54 Å². The number of hydrogen-bond acceptors (Lipinski definition) is 7. The third kappa shape index (κ3) is 3.15. The van der Waals surface area contributed by atoms with Crippen LogP contribution >= 0.6 is 22.9 Å². The Balaban J connectivity index is 2.26. The third-order valence-corrected chi connectivity index (χ3v) is 3.42. The van der Waals surface area contributed by atoms with Crippen molar-refractivity contribution >= 4 is 34.4 Å². The van der Waals surface area contributed by atoms with Gasteiger partial charge in [0.05, 0.1) is 11.5 Å². The van der Waals surface area contributed by atoms with Gasteiger partial charge in [-0.3, -0.25) is 10.1 Å². The van der Waals surface area contributed by atoms with E-state index < -0.39 is 4.92 Å². The minimum absolute atomic E-state index is 0.0269. The van der Waals surface area contributed by atoms with E-state index in [4.69, 9.17) is 11.6 Å². The van der Waals surface area contributed by atoms with Crippen molar-refractivity contribution in [3.05, 3.63) is 37.2 Å². The van der Waals surface area contributed by atoms with Crippen molar-refractivity contribution in [2.75, 3.05) is 5.32 Å². The molecule has 0 amide bonds. The zero-order chi connectivity index (χ0) is 14.0. The molecule has 2 aromatic heterocycles. The first-order valence-corrected chi connectivity index (χ1v) is 6.56. The summed E-state index contributed by atoms with van der Waals surface area (Å²) in [7, 11) is 0. The lowest BCUT2D eigenvalue weighted by Gasteiger charge is -2.06. The van der Waals surface area contributed by atoms with Crippen LogP contribution in [0.1, 0.15) is 16.4 Å². The smallest absolute Gasteiger partial charge is 0.332 e. The number of anilines is 1. The summed E-state index contributed by atoms with van der Waals surface area (Å²) in [6.45, 7) is 3.75. The van der Waals surface area contributed by atoms with Crippen LogP contribution in [0.25, 0.3) is 0 Å². The van der Waals surface area contributed by atoms with Crippen LogP contribution in [0.15, 0.2) is 5.38 Å². The number of nitro groups is 1. The Morgan fingerprint density at radius 2 is 2.16 bits per heavy atom. The molecule has 0 aliphatic rings. The van der Waals surface area contributed by atoms with Gasteiger partial charge in [-0.15, -0.1) is 11.3 Å². The van der Waals surface area contributed by atoms with E-state index in [2.05, 4.69) is 20.3 Å². The van der Waals surface area contributed by atoms with Gasteiger partial charge in [0.25, 0.3) is 0 Å². The highest BCUT2D eigenvalue weighted by Crippen LogP contribution is 2.27. The molecular weight excluding hydrogens is 290 g/mol. The first-order chi connectivity index (χ1) is 8.97. The number of thiazole rings is 1. The number of nitrogens with one attached hydrogen (secondary N) is 1. The summed E-state index contributed by atoms with van der Waals surface area (Å²) in [6, 6.07) is 0. The largest absolute Gasteiger partial charge is 0.358 e. The second-order valence-corrected chi connectivity index (χ2v) is 5.05. The first kappa shape index (κ1) is 13.6. The van der Waals surface area contributed by atoms with Crippen LogP contribution in [0.3, 0.4) is 0 Å². The monoisotopic (exact) mass is 299 g/mol. The number of nitrogens with zero attached hydrogens (tertiary/aromatic N) is 4. The SMILES string of the molecule is Cc1csc(CNc2nc(Cl)nc(C)c2[N+](=O)[O-])n1. The number of aromatic nitrogens is 3. The fourth-order valence-corrected chi connectivity index (χ4v) is 2.44. The highest BCUT2D eigenvalue weighted by molar-refractivity contribution is 7.09. The third-order valence-electron chi connectivity index (χ3n) is 2.29. The van der Waals surface area contributed by atoms with Crippen LogP contribution in [0.5, 0.6) is 0 Å². The second-order valence-electron chi connectivity index (χ2n) is 3.77. The van der Waals surface area contributed by atoms with Gasteiger partial charge in [0.2, 0.25) is 11.1 Å². The van der Waals surface area contributed by atoms with E-state index in [1.807, 2.05) is 12.3 Å². The molecule has 19 heavy (non-hydrogen) atoms. The predicted molar refractivity (Wildman–Crippen MR) is 72.6 cm³/mol.